The van der Waals surface area contributed by atoms with E-state index in [0.29, 0.717) is 28.9 Å². The predicted octanol–water partition coefficient (Wildman–Crippen LogP) is 3.43. The summed E-state index contributed by atoms with van der Waals surface area (Å²) in [6, 6.07) is 16.5. The van der Waals surface area contributed by atoms with Crippen LogP contribution in [0.1, 0.15) is 10.4 Å². The number of H-pyrrole nitrogens is 1. The van der Waals surface area contributed by atoms with Crippen LogP contribution in [-0.4, -0.2) is 40.6 Å². The van der Waals surface area contributed by atoms with E-state index in [4.69, 9.17) is 9.47 Å². The van der Waals surface area contributed by atoms with Gasteiger partial charge in [-0.1, -0.05) is 30.0 Å². The van der Waals surface area contributed by atoms with Crippen molar-refractivity contribution in [3.05, 3.63) is 60.2 Å². The maximum atomic E-state index is 11.8. The molecule has 0 saturated heterocycles. The van der Waals surface area contributed by atoms with Crippen LogP contribution in [0.4, 0.5) is 0 Å². The normalized spacial score (nSPS) is 10.4. The van der Waals surface area contributed by atoms with E-state index in [9.17, 15) is 4.79 Å². The van der Waals surface area contributed by atoms with E-state index in [1.807, 2.05) is 30.3 Å². The van der Waals surface area contributed by atoms with Crippen LogP contribution < -0.4 is 4.74 Å². The highest BCUT2D eigenvalue weighted by atomic mass is 32.2. The Kier molecular flexibility index (Phi) is 5.69. The van der Waals surface area contributed by atoms with Crippen LogP contribution in [0.2, 0.25) is 0 Å². The fourth-order valence-electron chi connectivity index (χ4n) is 2.11. The molecule has 0 aliphatic rings. The number of benzene rings is 2. The van der Waals surface area contributed by atoms with Crippen molar-refractivity contribution >= 4 is 17.7 Å². The number of hydrogen-bond acceptors (Lipinski definition) is 6. The van der Waals surface area contributed by atoms with E-state index in [0.717, 1.165) is 11.3 Å². The second kappa shape index (κ2) is 8.34. The number of carbonyl (C=O) groups is 1. The van der Waals surface area contributed by atoms with Crippen molar-refractivity contribution in [1.82, 2.24) is 15.2 Å². The largest absolute Gasteiger partial charge is 0.497 e. The molecule has 3 aromatic rings. The third-order valence-electron chi connectivity index (χ3n) is 3.39. The smallest absolute Gasteiger partial charge is 0.338 e. The Bertz CT molecular complexity index is 819. The molecule has 0 amide bonds. The summed E-state index contributed by atoms with van der Waals surface area (Å²) in [4.78, 5) is 16.2. The van der Waals surface area contributed by atoms with E-state index in [-0.39, 0.29) is 5.97 Å². The molecule has 7 heteroatoms. The minimum Gasteiger partial charge on any atom is -0.497 e. The molecule has 3 rings (SSSR count). The number of esters is 1. The van der Waals surface area contributed by atoms with Gasteiger partial charge in [0.25, 0.3) is 0 Å². The van der Waals surface area contributed by atoms with Gasteiger partial charge in [0.1, 0.15) is 12.4 Å². The number of nitrogens with zero attached hydrogens (tertiary/aromatic N) is 2. The fourth-order valence-corrected chi connectivity index (χ4v) is 2.73. The zero-order valence-corrected chi connectivity index (χ0v) is 14.5. The van der Waals surface area contributed by atoms with Gasteiger partial charge >= 0.3 is 5.97 Å². The van der Waals surface area contributed by atoms with Crippen LogP contribution in [0, 0.1) is 0 Å². The van der Waals surface area contributed by atoms with Crippen molar-refractivity contribution in [2.24, 2.45) is 0 Å². The molecule has 1 aromatic heterocycles. The number of methoxy groups -OCH3 is 1. The Morgan fingerprint density at radius 1 is 1.12 bits per heavy atom. The number of carbonyl (C=O) groups excluding carboxylic acids is 1. The van der Waals surface area contributed by atoms with E-state index in [2.05, 4.69) is 15.2 Å². The first-order valence-corrected chi connectivity index (χ1v) is 8.66. The molecule has 0 spiro atoms. The third-order valence-corrected chi connectivity index (χ3v) is 4.20. The molecule has 128 valence electrons. The number of ether oxygens (including phenoxy) is 2. The van der Waals surface area contributed by atoms with Gasteiger partial charge in [0.05, 0.1) is 12.7 Å². The summed E-state index contributed by atoms with van der Waals surface area (Å²) >= 11 is 1.43. The van der Waals surface area contributed by atoms with Crippen molar-refractivity contribution in [2.45, 2.75) is 5.16 Å². The summed E-state index contributed by atoms with van der Waals surface area (Å²) in [5, 5.41) is 7.68. The van der Waals surface area contributed by atoms with Gasteiger partial charge in [-0.25, -0.2) is 9.78 Å². The molecule has 0 aliphatic heterocycles. The summed E-state index contributed by atoms with van der Waals surface area (Å²) in [5.74, 6) is 1.73. The van der Waals surface area contributed by atoms with Crippen molar-refractivity contribution in [2.75, 3.05) is 19.5 Å². The molecule has 6 nitrogen and oxygen atoms in total. The quantitative estimate of drug-likeness (QED) is 0.397. The summed E-state index contributed by atoms with van der Waals surface area (Å²) in [5.41, 5.74) is 1.47. The number of rotatable bonds is 7. The van der Waals surface area contributed by atoms with Gasteiger partial charge in [0, 0.05) is 11.3 Å². The minimum absolute atomic E-state index is 0.296. The number of aromatic amines is 1. The second-order valence-corrected chi connectivity index (χ2v) is 6.11. The molecule has 0 radical (unpaired) electrons. The number of hydrogen-bond donors (Lipinski definition) is 1. The SMILES string of the molecule is COc1ccc(-c2nc(SCCOC(=O)c3ccccc3)n[nH]2)cc1. The van der Waals surface area contributed by atoms with Crippen LogP contribution >= 0.6 is 11.8 Å². The van der Waals surface area contributed by atoms with E-state index >= 15 is 0 Å². The molecule has 0 fully saturated rings. The first-order valence-electron chi connectivity index (χ1n) is 7.68. The standard InChI is InChI=1S/C18H17N3O3S/c1-23-15-9-7-13(8-10-15)16-19-18(21-20-16)25-12-11-24-17(22)14-5-3-2-4-6-14/h2-10H,11-12H2,1H3,(H,19,20,21). The van der Waals surface area contributed by atoms with Crippen LogP contribution in [-0.2, 0) is 4.74 Å². The molecule has 2 aromatic carbocycles. The number of aromatic nitrogens is 3. The molecule has 0 unspecified atom stereocenters. The summed E-state index contributed by atoms with van der Waals surface area (Å²) in [7, 11) is 1.63. The monoisotopic (exact) mass is 355 g/mol. The van der Waals surface area contributed by atoms with E-state index in [1.54, 1.807) is 31.4 Å². The zero-order valence-electron chi connectivity index (χ0n) is 13.6. The molecule has 1 N–H and O–H groups in total. The molecular weight excluding hydrogens is 338 g/mol. The maximum absolute atomic E-state index is 11.8. The molecule has 0 aliphatic carbocycles. The van der Waals surface area contributed by atoms with Crippen molar-refractivity contribution in [3.8, 4) is 17.1 Å². The van der Waals surface area contributed by atoms with Crippen molar-refractivity contribution < 1.29 is 14.3 Å². The lowest BCUT2D eigenvalue weighted by atomic mass is 10.2. The van der Waals surface area contributed by atoms with Gasteiger partial charge in [0.15, 0.2) is 5.82 Å². The van der Waals surface area contributed by atoms with E-state index in [1.165, 1.54) is 11.8 Å². The van der Waals surface area contributed by atoms with Gasteiger partial charge in [-0.2, -0.15) is 0 Å². The maximum Gasteiger partial charge on any atom is 0.338 e. The highest BCUT2D eigenvalue weighted by Gasteiger charge is 2.08. The highest BCUT2D eigenvalue weighted by Crippen LogP contribution is 2.21. The zero-order chi connectivity index (χ0) is 17.5. The molecule has 0 bridgehead atoms. The predicted molar refractivity (Wildman–Crippen MR) is 95.8 cm³/mol. The second-order valence-electron chi connectivity index (χ2n) is 5.05. The fraction of sp³-hybridized carbons (Fsp3) is 0.167. The molecule has 1 heterocycles. The Morgan fingerprint density at radius 3 is 2.60 bits per heavy atom. The van der Waals surface area contributed by atoms with Crippen molar-refractivity contribution in [3.63, 3.8) is 0 Å². The molecule has 0 saturated carbocycles. The summed E-state index contributed by atoms with van der Waals surface area (Å²) < 4.78 is 10.4. The van der Waals surface area contributed by atoms with E-state index < -0.39 is 0 Å². The lowest BCUT2D eigenvalue weighted by Gasteiger charge is -2.03. The average molecular weight is 355 g/mol. The topological polar surface area (TPSA) is 77.1 Å². The first kappa shape index (κ1) is 17.0. The highest BCUT2D eigenvalue weighted by molar-refractivity contribution is 7.99. The molecule has 25 heavy (non-hydrogen) atoms. The molecule has 0 atom stereocenters. The lowest BCUT2D eigenvalue weighted by molar-refractivity contribution is 0.0530. The van der Waals surface area contributed by atoms with Crippen LogP contribution in [0.15, 0.2) is 59.8 Å². The van der Waals surface area contributed by atoms with Gasteiger partial charge in [-0.3, -0.25) is 5.10 Å². The van der Waals surface area contributed by atoms with Crippen LogP contribution in [0.3, 0.4) is 0 Å². The van der Waals surface area contributed by atoms with Crippen molar-refractivity contribution in [1.29, 1.82) is 0 Å². The Labute approximate surface area is 149 Å². The lowest BCUT2D eigenvalue weighted by Crippen LogP contribution is -2.07. The summed E-state index contributed by atoms with van der Waals surface area (Å²) in [6.07, 6.45) is 0. The first-order chi connectivity index (χ1) is 12.3. The third kappa shape index (κ3) is 4.60. The minimum atomic E-state index is -0.324. The van der Waals surface area contributed by atoms with Gasteiger partial charge in [-0.05, 0) is 36.4 Å². The molecular formula is C18H17N3O3S. The summed E-state index contributed by atoms with van der Waals surface area (Å²) in [6.45, 7) is 0.296. The van der Waals surface area contributed by atoms with Gasteiger partial charge in [-0.15, -0.1) is 5.10 Å². The average Bonchev–Trinajstić information content (AvgIpc) is 3.15. The Hall–Kier alpha value is -2.80. The van der Waals surface area contributed by atoms with Crippen LogP contribution in [0.5, 0.6) is 5.75 Å². The number of thioether (sulfide) groups is 1. The number of nitrogens with one attached hydrogen (secondary N) is 1. The Morgan fingerprint density at radius 2 is 1.88 bits per heavy atom. The van der Waals surface area contributed by atoms with Gasteiger partial charge < -0.3 is 9.47 Å². The van der Waals surface area contributed by atoms with Gasteiger partial charge in [0.2, 0.25) is 5.16 Å². The Balaban J connectivity index is 1.48. The van der Waals surface area contributed by atoms with Crippen LogP contribution in [0.25, 0.3) is 11.4 Å².